The topological polar surface area (TPSA) is 102 Å². The minimum Gasteiger partial charge on any atom is -0.494 e. The Balaban J connectivity index is 2.68. The first-order valence-corrected chi connectivity index (χ1v) is 8.09. The zero-order valence-electron chi connectivity index (χ0n) is 12.4. The number of carbonyl (C=O) groups excluding carboxylic acids is 1. The van der Waals surface area contributed by atoms with Crippen molar-refractivity contribution in [2.45, 2.75) is 6.92 Å². The third-order valence-electron chi connectivity index (χ3n) is 2.70. The zero-order chi connectivity index (χ0) is 16.0. The van der Waals surface area contributed by atoms with Gasteiger partial charge in [0, 0.05) is 38.0 Å². The highest BCUT2D eigenvalue weighted by molar-refractivity contribution is 7.89. The Morgan fingerprint density at radius 1 is 1.33 bits per heavy atom. The molecule has 0 aromatic heterocycles. The maximum Gasteiger partial charge on any atom is 0.251 e. The third kappa shape index (κ3) is 5.24. The summed E-state index contributed by atoms with van der Waals surface area (Å²) < 4.78 is 29.6. The molecule has 118 valence electrons. The number of carbonyl (C=O) groups is 1. The number of sulfonamides is 1. The second-order valence-electron chi connectivity index (χ2n) is 4.58. The van der Waals surface area contributed by atoms with E-state index in [0.29, 0.717) is 23.6 Å². The maximum atomic E-state index is 12.0. The molecular formula is C13H21N3O4S. The van der Waals surface area contributed by atoms with Crippen LogP contribution >= 0.6 is 0 Å². The summed E-state index contributed by atoms with van der Waals surface area (Å²) in [7, 11) is -0.436. The summed E-state index contributed by atoms with van der Waals surface area (Å²) in [6, 6.07) is 4.70. The fraction of sp³-hybridized carbons (Fsp3) is 0.462. The van der Waals surface area contributed by atoms with Crippen LogP contribution in [-0.4, -0.2) is 51.6 Å². The quantitative estimate of drug-likeness (QED) is 0.704. The molecule has 1 amide bonds. The normalized spacial score (nSPS) is 11.4. The molecule has 0 atom stereocenters. The lowest BCUT2D eigenvalue weighted by Gasteiger charge is -2.12. The summed E-state index contributed by atoms with van der Waals surface area (Å²) in [6.07, 6.45) is 0. The van der Waals surface area contributed by atoms with Gasteiger partial charge in [-0.1, -0.05) is 0 Å². The fourth-order valence-corrected chi connectivity index (χ4v) is 2.31. The SMILES string of the molecule is CCOc1cc(N)cc(C(=O)NCCS(=O)(=O)N(C)C)c1. The Kier molecular flexibility index (Phi) is 5.98. The smallest absolute Gasteiger partial charge is 0.251 e. The van der Waals surface area contributed by atoms with E-state index in [1.165, 1.54) is 20.2 Å². The van der Waals surface area contributed by atoms with Crippen LogP contribution in [0.15, 0.2) is 18.2 Å². The Morgan fingerprint density at radius 2 is 2.00 bits per heavy atom. The van der Waals surface area contributed by atoms with Crippen LogP contribution in [0.4, 0.5) is 5.69 Å². The van der Waals surface area contributed by atoms with Gasteiger partial charge in [0.2, 0.25) is 10.0 Å². The number of amides is 1. The molecule has 0 fully saturated rings. The van der Waals surface area contributed by atoms with Gasteiger partial charge in [-0.15, -0.1) is 0 Å². The molecular weight excluding hydrogens is 294 g/mol. The zero-order valence-corrected chi connectivity index (χ0v) is 13.2. The Labute approximate surface area is 125 Å². The first-order valence-electron chi connectivity index (χ1n) is 6.48. The largest absolute Gasteiger partial charge is 0.494 e. The van der Waals surface area contributed by atoms with Crippen molar-refractivity contribution in [3.63, 3.8) is 0 Å². The highest BCUT2D eigenvalue weighted by Crippen LogP contribution is 2.18. The number of hydrogen-bond donors (Lipinski definition) is 2. The lowest BCUT2D eigenvalue weighted by molar-refractivity contribution is 0.0955. The second kappa shape index (κ2) is 7.28. The van der Waals surface area contributed by atoms with Gasteiger partial charge < -0.3 is 15.8 Å². The van der Waals surface area contributed by atoms with Gasteiger partial charge in [0.25, 0.3) is 5.91 Å². The van der Waals surface area contributed by atoms with Crippen molar-refractivity contribution < 1.29 is 17.9 Å². The van der Waals surface area contributed by atoms with Gasteiger partial charge in [-0.2, -0.15) is 0 Å². The van der Waals surface area contributed by atoms with E-state index in [1.54, 1.807) is 12.1 Å². The average molecular weight is 315 g/mol. The molecule has 21 heavy (non-hydrogen) atoms. The Morgan fingerprint density at radius 3 is 2.57 bits per heavy atom. The first kappa shape index (κ1) is 17.3. The summed E-state index contributed by atoms with van der Waals surface area (Å²) in [5.41, 5.74) is 6.45. The molecule has 1 aromatic carbocycles. The van der Waals surface area contributed by atoms with Gasteiger partial charge in [-0.3, -0.25) is 4.79 Å². The van der Waals surface area contributed by atoms with Crippen LogP contribution in [0.3, 0.4) is 0 Å². The molecule has 0 aliphatic rings. The van der Waals surface area contributed by atoms with E-state index in [0.717, 1.165) is 4.31 Å². The molecule has 8 heteroatoms. The highest BCUT2D eigenvalue weighted by Gasteiger charge is 2.14. The van der Waals surface area contributed by atoms with Gasteiger partial charge in [-0.25, -0.2) is 12.7 Å². The molecule has 0 saturated carbocycles. The van der Waals surface area contributed by atoms with Crippen LogP contribution in [0, 0.1) is 0 Å². The summed E-state index contributed by atoms with van der Waals surface area (Å²) >= 11 is 0. The van der Waals surface area contributed by atoms with Crippen LogP contribution in [0.2, 0.25) is 0 Å². The summed E-state index contributed by atoms with van der Waals surface area (Å²) in [5, 5.41) is 2.55. The first-order chi connectivity index (χ1) is 9.76. The predicted octanol–water partition coefficient (Wildman–Crippen LogP) is 0.289. The minimum absolute atomic E-state index is 0.0259. The summed E-state index contributed by atoms with van der Waals surface area (Å²) in [5.74, 6) is -0.0485. The molecule has 0 spiro atoms. The Bertz CT molecular complexity index is 599. The average Bonchev–Trinajstić information content (AvgIpc) is 2.37. The molecule has 1 rings (SSSR count). The number of nitrogen functional groups attached to an aromatic ring is 1. The lowest BCUT2D eigenvalue weighted by Crippen LogP contribution is -2.33. The molecule has 0 heterocycles. The molecule has 0 bridgehead atoms. The van der Waals surface area contributed by atoms with E-state index in [1.807, 2.05) is 6.92 Å². The molecule has 0 radical (unpaired) electrons. The summed E-state index contributed by atoms with van der Waals surface area (Å²) in [4.78, 5) is 12.0. The van der Waals surface area contributed by atoms with Crippen molar-refractivity contribution in [1.82, 2.24) is 9.62 Å². The fourth-order valence-electron chi connectivity index (χ4n) is 1.58. The molecule has 0 saturated heterocycles. The second-order valence-corrected chi connectivity index (χ2v) is 6.88. The summed E-state index contributed by atoms with van der Waals surface area (Å²) in [6.45, 7) is 2.32. The van der Waals surface area contributed by atoms with Gasteiger partial charge in [-0.05, 0) is 19.1 Å². The monoisotopic (exact) mass is 315 g/mol. The highest BCUT2D eigenvalue weighted by atomic mass is 32.2. The number of anilines is 1. The number of rotatable bonds is 7. The van der Waals surface area contributed by atoms with Crippen LogP contribution in [0.25, 0.3) is 0 Å². The lowest BCUT2D eigenvalue weighted by atomic mass is 10.2. The number of nitrogens with two attached hydrogens (primary N) is 1. The molecule has 3 N–H and O–H groups in total. The third-order valence-corrected chi connectivity index (χ3v) is 4.54. The number of ether oxygens (including phenoxy) is 1. The predicted molar refractivity (Wildman–Crippen MR) is 81.8 cm³/mol. The van der Waals surface area contributed by atoms with Crippen molar-refractivity contribution in [2.24, 2.45) is 0 Å². The van der Waals surface area contributed by atoms with E-state index in [9.17, 15) is 13.2 Å². The van der Waals surface area contributed by atoms with E-state index in [2.05, 4.69) is 5.32 Å². The van der Waals surface area contributed by atoms with Crippen molar-refractivity contribution in [1.29, 1.82) is 0 Å². The van der Waals surface area contributed by atoms with Crippen molar-refractivity contribution in [2.75, 3.05) is 38.7 Å². The van der Waals surface area contributed by atoms with E-state index in [-0.39, 0.29) is 12.3 Å². The standard InChI is InChI=1S/C13H21N3O4S/c1-4-20-12-8-10(7-11(14)9-12)13(17)15-5-6-21(18,19)16(2)3/h7-9H,4-6,14H2,1-3H3,(H,15,17). The molecule has 7 nitrogen and oxygen atoms in total. The number of nitrogens with one attached hydrogen (secondary N) is 1. The van der Waals surface area contributed by atoms with Gasteiger partial charge in [0.1, 0.15) is 5.75 Å². The molecule has 0 aliphatic heterocycles. The Hall–Kier alpha value is -1.80. The van der Waals surface area contributed by atoms with Crippen molar-refractivity contribution >= 4 is 21.6 Å². The van der Waals surface area contributed by atoms with E-state index < -0.39 is 15.9 Å². The van der Waals surface area contributed by atoms with Crippen molar-refractivity contribution in [3.8, 4) is 5.75 Å². The maximum absolute atomic E-state index is 12.0. The van der Waals surface area contributed by atoms with Crippen LogP contribution in [-0.2, 0) is 10.0 Å². The number of nitrogens with zero attached hydrogens (tertiary/aromatic N) is 1. The molecule has 0 unspecified atom stereocenters. The number of benzene rings is 1. The van der Waals surface area contributed by atoms with Gasteiger partial charge >= 0.3 is 0 Å². The van der Waals surface area contributed by atoms with Crippen LogP contribution < -0.4 is 15.8 Å². The number of hydrogen-bond acceptors (Lipinski definition) is 5. The van der Waals surface area contributed by atoms with Crippen molar-refractivity contribution in [3.05, 3.63) is 23.8 Å². The van der Waals surface area contributed by atoms with E-state index in [4.69, 9.17) is 10.5 Å². The van der Waals surface area contributed by atoms with Gasteiger partial charge in [0.05, 0.1) is 12.4 Å². The minimum atomic E-state index is -3.33. The van der Waals surface area contributed by atoms with Gasteiger partial charge in [0.15, 0.2) is 0 Å². The van der Waals surface area contributed by atoms with Crippen LogP contribution in [0.5, 0.6) is 5.75 Å². The molecule has 0 aliphatic carbocycles. The molecule has 1 aromatic rings. The van der Waals surface area contributed by atoms with Crippen LogP contribution in [0.1, 0.15) is 17.3 Å². The van der Waals surface area contributed by atoms with E-state index >= 15 is 0 Å².